The van der Waals surface area contributed by atoms with Crippen molar-refractivity contribution >= 4 is 17.8 Å². The van der Waals surface area contributed by atoms with Crippen LogP contribution in [0.4, 0.5) is 0 Å². The van der Waals surface area contributed by atoms with Gasteiger partial charge >= 0.3 is 0 Å². The topological polar surface area (TPSA) is 47.9 Å². The Kier molecular flexibility index (Phi) is 3.72. The highest BCUT2D eigenvalue weighted by atomic mass is 32.2. The summed E-state index contributed by atoms with van der Waals surface area (Å²) in [5, 5.41) is 0. The Bertz CT molecular complexity index is 560. The number of hydrogen-bond donors (Lipinski definition) is 0. The van der Waals surface area contributed by atoms with Gasteiger partial charge in [-0.05, 0) is 30.7 Å². The highest BCUT2D eigenvalue weighted by Gasteiger charge is 2.39. The number of fused-ring (bicyclic) bond motifs is 1. The molecule has 1 aliphatic carbocycles. The zero-order valence-corrected chi connectivity index (χ0v) is 12.3. The Morgan fingerprint density at radius 3 is 2.70 bits per heavy atom. The molecule has 0 spiro atoms. The number of benzene rings is 1. The Morgan fingerprint density at radius 2 is 2.00 bits per heavy atom. The maximum absolute atomic E-state index is 10.9. The van der Waals surface area contributed by atoms with Gasteiger partial charge in [-0.2, -0.15) is 4.99 Å². The third-order valence-electron chi connectivity index (χ3n) is 4.06. The third kappa shape index (κ3) is 2.11. The van der Waals surface area contributed by atoms with Crippen molar-refractivity contribution in [3.63, 3.8) is 0 Å². The van der Waals surface area contributed by atoms with E-state index in [4.69, 9.17) is 9.47 Å². The van der Waals surface area contributed by atoms with Crippen molar-refractivity contribution in [3.8, 4) is 11.5 Å². The monoisotopic (exact) mass is 291 g/mol. The summed E-state index contributed by atoms with van der Waals surface area (Å²) < 4.78 is 11.4. The van der Waals surface area contributed by atoms with Crippen LogP contribution in [0.2, 0.25) is 0 Å². The second-order valence-electron chi connectivity index (χ2n) is 5.11. The molecule has 5 heteroatoms. The van der Waals surface area contributed by atoms with Gasteiger partial charge in [-0.15, -0.1) is 11.8 Å². The van der Waals surface area contributed by atoms with Crippen molar-refractivity contribution in [1.29, 1.82) is 0 Å². The molecule has 1 heterocycles. The van der Waals surface area contributed by atoms with E-state index in [0.29, 0.717) is 13.2 Å². The van der Waals surface area contributed by atoms with E-state index in [2.05, 4.69) is 4.99 Å². The number of isocyanates is 1. The second-order valence-corrected chi connectivity index (χ2v) is 5.93. The number of hydrogen-bond acceptors (Lipinski definition) is 5. The number of nitrogens with zero attached hydrogens (tertiary/aromatic N) is 1. The highest BCUT2D eigenvalue weighted by molar-refractivity contribution is 7.98. The Labute approximate surface area is 122 Å². The molecule has 0 N–H and O–H groups in total. The van der Waals surface area contributed by atoms with Crippen molar-refractivity contribution in [2.75, 3.05) is 19.5 Å². The Balaban J connectivity index is 2.15. The van der Waals surface area contributed by atoms with Gasteiger partial charge in [0, 0.05) is 0 Å². The van der Waals surface area contributed by atoms with Gasteiger partial charge in [0.05, 0.1) is 10.4 Å². The molecule has 0 bridgehead atoms. The summed E-state index contributed by atoms with van der Waals surface area (Å²) in [7, 11) is 0. The maximum Gasteiger partial charge on any atom is 0.235 e. The first-order valence-electron chi connectivity index (χ1n) is 6.87. The first kappa shape index (κ1) is 13.5. The molecule has 20 heavy (non-hydrogen) atoms. The van der Waals surface area contributed by atoms with E-state index in [0.717, 1.165) is 47.6 Å². The lowest BCUT2D eigenvalue weighted by atomic mass is 9.88. The van der Waals surface area contributed by atoms with Gasteiger partial charge < -0.3 is 9.47 Å². The molecular formula is C15H17NO3S. The van der Waals surface area contributed by atoms with E-state index in [1.807, 2.05) is 18.4 Å². The van der Waals surface area contributed by atoms with Crippen molar-refractivity contribution in [2.24, 2.45) is 4.99 Å². The molecule has 0 unspecified atom stereocenters. The summed E-state index contributed by atoms with van der Waals surface area (Å²) in [6, 6.07) is 3.97. The van der Waals surface area contributed by atoms with E-state index >= 15 is 0 Å². The maximum atomic E-state index is 10.9. The molecule has 106 valence electrons. The average Bonchev–Trinajstić information content (AvgIpc) is 2.96. The smallest absolute Gasteiger partial charge is 0.235 e. The fraction of sp³-hybridized carbons (Fsp3) is 0.533. The molecule has 0 saturated heterocycles. The van der Waals surface area contributed by atoms with Crippen LogP contribution in [-0.4, -0.2) is 25.5 Å². The van der Waals surface area contributed by atoms with Crippen LogP contribution in [-0.2, 0) is 10.3 Å². The highest BCUT2D eigenvalue weighted by Crippen LogP contribution is 2.50. The minimum Gasteiger partial charge on any atom is -0.486 e. The van der Waals surface area contributed by atoms with Crippen LogP contribution in [0, 0.1) is 0 Å². The normalized spacial score (nSPS) is 19.4. The van der Waals surface area contributed by atoms with E-state index in [9.17, 15) is 4.79 Å². The van der Waals surface area contributed by atoms with Crippen molar-refractivity contribution in [3.05, 3.63) is 17.7 Å². The lowest BCUT2D eigenvalue weighted by molar-refractivity contribution is 0.166. The van der Waals surface area contributed by atoms with Crippen LogP contribution in [0.3, 0.4) is 0 Å². The molecule has 0 atom stereocenters. The second kappa shape index (κ2) is 5.51. The Hall–Kier alpha value is -1.45. The van der Waals surface area contributed by atoms with Crippen LogP contribution < -0.4 is 9.47 Å². The Morgan fingerprint density at radius 1 is 1.25 bits per heavy atom. The van der Waals surface area contributed by atoms with Crippen LogP contribution in [0.25, 0.3) is 0 Å². The predicted molar refractivity (Wildman–Crippen MR) is 77.5 cm³/mol. The number of aliphatic imine (C=N–C) groups is 1. The zero-order valence-electron chi connectivity index (χ0n) is 11.5. The fourth-order valence-electron chi connectivity index (χ4n) is 3.15. The van der Waals surface area contributed by atoms with Gasteiger partial charge in [0.25, 0.3) is 0 Å². The van der Waals surface area contributed by atoms with Crippen molar-refractivity contribution < 1.29 is 14.3 Å². The lowest BCUT2D eigenvalue weighted by Crippen LogP contribution is -2.22. The molecule has 2 aliphatic rings. The van der Waals surface area contributed by atoms with E-state index in [-0.39, 0.29) is 0 Å². The predicted octanol–water partition coefficient (Wildman–Crippen LogP) is 3.28. The molecule has 4 nitrogen and oxygen atoms in total. The molecule has 1 aromatic rings. The lowest BCUT2D eigenvalue weighted by Gasteiger charge is -2.29. The van der Waals surface area contributed by atoms with Gasteiger partial charge in [-0.1, -0.05) is 18.9 Å². The third-order valence-corrected chi connectivity index (χ3v) is 4.87. The molecule has 0 aromatic heterocycles. The molecular weight excluding hydrogens is 274 g/mol. The first-order chi connectivity index (χ1) is 9.80. The first-order valence-corrected chi connectivity index (χ1v) is 8.09. The molecule has 1 fully saturated rings. The minimum atomic E-state index is -0.421. The number of rotatable bonds is 3. The van der Waals surface area contributed by atoms with Crippen LogP contribution in [0.1, 0.15) is 31.2 Å². The molecule has 1 saturated carbocycles. The fourth-order valence-corrected chi connectivity index (χ4v) is 3.97. The van der Waals surface area contributed by atoms with Gasteiger partial charge in [0.2, 0.25) is 6.08 Å². The molecule has 1 aliphatic heterocycles. The van der Waals surface area contributed by atoms with Crippen LogP contribution in [0.15, 0.2) is 22.0 Å². The average molecular weight is 291 g/mol. The summed E-state index contributed by atoms with van der Waals surface area (Å²) in [5.74, 6) is 1.58. The summed E-state index contributed by atoms with van der Waals surface area (Å²) in [6.07, 6.45) is 7.77. The summed E-state index contributed by atoms with van der Waals surface area (Å²) in [4.78, 5) is 16.1. The quantitative estimate of drug-likeness (QED) is 0.487. The number of ether oxygens (including phenoxy) is 2. The molecule has 3 rings (SSSR count). The largest absolute Gasteiger partial charge is 0.486 e. The van der Waals surface area contributed by atoms with Gasteiger partial charge in [-0.25, -0.2) is 4.79 Å². The van der Waals surface area contributed by atoms with E-state index in [1.54, 1.807) is 17.8 Å². The standard InChI is InChI=1S/C15H17NO3S/c1-20-14-11(15(16-10-17)6-2-3-7-15)4-5-12-13(14)19-9-8-18-12/h4-5H,2-3,6-9H2,1H3. The SMILES string of the molecule is CSc1c(C2(N=C=O)CCCC2)ccc2c1OCCO2. The number of carbonyl (C=O) groups excluding carboxylic acids is 1. The number of thioether (sulfide) groups is 1. The van der Waals surface area contributed by atoms with Crippen LogP contribution in [0.5, 0.6) is 11.5 Å². The molecule has 0 amide bonds. The van der Waals surface area contributed by atoms with E-state index < -0.39 is 5.54 Å². The molecule has 1 aromatic carbocycles. The van der Waals surface area contributed by atoms with Gasteiger partial charge in [0.15, 0.2) is 11.5 Å². The molecule has 0 radical (unpaired) electrons. The van der Waals surface area contributed by atoms with Crippen LogP contribution >= 0.6 is 11.8 Å². The van der Waals surface area contributed by atoms with E-state index in [1.165, 1.54) is 0 Å². The minimum absolute atomic E-state index is 0.421. The van der Waals surface area contributed by atoms with Crippen molar-refractivity contribution in [2.45, 2.75) is 36.1 Å². The summed E-state index contributed by atoms with van der Waals surface area (Å²) in [6.45, 7) is 1.14. The zero-order chi connectivity index (χ0) is 14.0. The summed E-state index contributed by atoms with van der Waals surface area (Å²) in [5.41, 5.74) is 0.658. The summed E-state index contributed by atoms with van der Waals surface area (Å²) >= 11 is 1.63. The van der Waals surface area contributed by atoms with Gasteiger partial charge in [0.1, 0.15) is 13.2 Å². The van der Waals surface area contributed by atoms with Gasteiger partial charge in [-0.3, -0.25) is 0 Å². The van der Waals surface area contributed by atoms with Crippen molar-refractivity contribution in [1.82, 2.24) is 0 Å².